The van der Waals surface area contributed by atoms with Gasteiger partial charge in [0.2, 0.25) is 5.95 Å². The van der Waals surface area contributed by atoms with E-state index >= 15 is 0 Å². The van der Waals surface area contributed by atoms with E-state index < -0.39 is 0 Å². The van der Waals surface area contributed by atoms with Crippen LogP contribution in [0.1, 0.15) is 25.7 Å². The number of nitrogens with zero attached hydrogens (tertiary/aromatic N) is 2. The fourth-order valence-corrected chi connectivity index (χ4v) is 3.00. The lowest BCUT2D eigenvalue weighted by atomic mass is 9.86. The van der Waals surface area contributed by atoms with Gasteiger partial charge in [0.25, 0.3) is 0 Å². The maximum Gasteiger partial charge on any atom is 0.222 e. The van der Waals surface area contributed by atoms with Crippen molar-refractivity contribution in [3.8, 4) is 11.5 Å². The Morgan fingerprint density at radius 1 is 1.25 bits per heavy atom. The van der Waals surface area contributed by atoms with Crippen LogP contribution in [0.3, 0.4) is 0 Å². The molecule has 24 heavy (non-hydrogen) atoms. The standard InChI is InChI=1S/C17H21ClN4O2/c18-12-5-7-13(8-6-12)24-15-10-21-17(19)22-16(15)20-9-11-3-1-2-4-14(11)23/h5-8,10-11,14,23H,1-4,9H2,(H3,19,20,21,22). The fraction of sp³-hybridized carbons (Fsp3) is 0.412. The molecule has 0 spiro atoms. The highest BCUT2D eigenvalue weighted by molar-refractivity contribution is 6.30. The van der Waals surface area contributed by atoms with Crippen LogP contribution in [0.15, 0.2) is 30.5 Å². The molecule has 0 saturated heterocycles. The van der Waals surface area contributed by atoms with Gasteiger partial charge in [-0.3, -0.25) is 0 Å². The van der Waals surface area contributed by atoms with Crippen LogP contribution in [0.4, 0.5) is 11.8 Å². The van der Waals surface area contributed by atoms with E-state index in [4.69, 9.17) is 22.1 Å². The first-order valence-electron chi connectivity index (χ1n) is 8.09. The molecule has 1 aromatic carbocycles. The van der Waals surface area contributed by atoms with Gasteiger partial charge in [-0.15, -0.1) is 0 Å². The smallest absolute Gasteiger partial charge is 0.222 e. The summed E-state index contributed by atoms with van der Waals surface area (Å²) in [6, 6.07) is 7.04. The van der Waals surface area contributed by atoms with Gasteiger partial charge in [0.1, 0.15) is 5.75 Å². The molecule has 6 nitrogen and oxygen atoms in total. The molecule has 7 heteroatoms. The third-order valence-electron chi connectivity index (χ3n) is 4.22. The van der Waals surface area contributed by atoms with Crippen LogP contribution in [-0.4, -0.2) is 27.7 Å². The van der Waals surface area contributed by atoms with E-state index in [-0.39, 0.29) is 18.0 Å². The molecule has 1 aliphatic carbocycles. The molecular weight excluding hydrogens is 328 g/mol. The lowest BCUT2D eigenvalue weighted by Gasteiger charge is -2.28. The summed E-state index contributed by atoms with van der Waals surface area (Å²) >= 11 is 5.88. The van der Waals surface area contributed by atoms with Crippen molar-refractivity contribution < 1.29 is 9.84 Å². The van der Waals surface area contributed by atoms with Gasteiger partial charge >= 0.3 is 0 Å². The number of benzene rings is 1. The van der Waals surface area contributed by atoms with Crippen molar-refractivity contribution in [1.82, 2.24) is 9.97 Å². The van der Waals surface area contributed by atoms with Gasteiger partial charge in [0.05, 0.1) is 12.3 Å². The quantitative estimate of drug-likeness (QED) is 0.766. The molecule has 0 bridgehead atoms. The third-order valence-corrected chi connectivity index (χ3v) is 4.47. The summed E-state index contributed by atoms with van der Waals surface area (Å²) in [5.74, 6) is 2.02. The maximum absolute atomic E-state index is 10.1. The number of rotatable bonds is 5. The van der Waals surface area contributed by atoms with Crippen molar-refractivity contribution in [2.45, 2.75) is 31.8 Å². The number of ether oxygens (including phenoxy) is 1. The summed E-state index contributed by atoms with van der Waals surface area (Å²) in [5, 5.41) is 14.0. The summed E-state index contributed by atoms with van der Waals surface area (Å²) in [5.41, 5.74) is 5.69. The Morgan fingerprint density at radius 3 is 2.75 bits per heavy atom. The van der Waals surface area contributed by atoms with Gasteiger partial charge in [0, 0.05) is 17.5 Å². The second-order valence-corrected chi connectivity index (χ2v) is 6.43. The van der Waals surface area contributed by atoms with Crippen molar-refractivity contribution in [3.05, 3.63) is 35.5 Å². The van der Waals surface area contributed by atoms with Crippen molar-refractivity contribution in [2.75, 3.05) is 17.6 Å². The van der Waals surface area contributed by atoms with E-state index in [0.717, 1.165) is 25.7 Å². The Bertz CT molecular complexity index is 681. The Hall–Kier alpha value is -2.05. The van der Waals surface area contributed by atoms with E-state index in [2.05, 4.69) is 15.3 Å². The fourth-order valence-electron chi connectivity index (χ4n) is 2.87. The Kier molecular flexibility index (Phi) is 5.37. The molecule has 0 amide bonds. The van der Waals surface area contributed by atoms with Gasteiger partial charge in [-0.2, -0.15) is 4.98 Å². The molecule has 1 heterocycles. The highest BCUT2D eigenvalue weighted by Gasteiger charge is 2.23. The number of hydrogen-bond donors (Lipinski definition) is 3. The molecule has 1 aliphatic rings. The molecule has 2 aromatic rings. The van der Waals surface area contributed by atoms with Crippen LogP contribution in [0.25, 0.3) is 0 Å². The summed E-state index contributed by atoms with van der Waals surface area (Å²) in [6.07, 6.45) is 5.35. The predicted molar refractivity (Wildman–Crippen MR) is 94.4 cm³/mol. The molecule has 4 N–H and O–H groups in total. The minimum Gasteiger partial charge on any atom is -0.452 e. The largest absolute Gasteiger partial charge is 0.452 e. The number of nitrogens with two attached hydrogens (primary N) is 1. The van der Waals surface area contributed by atoms with Crippen molar-refractivity contribution >= 4 is 23.4 Å². The Balaban J connectivity index is 1.71. The normalized spacial score (nSPS) is 20.6. The second kappa shape index (κ2) is 7.68. The Labute approximate surface area is 146 Å². The molecule has 1 saturated carbocycles. The second-order valence-electron chi connectivity index (χ2n) is 5.99. The zero-order valence-electron chi connectivity index (χ0n) is 13.3. The lowest BCUT2D eigenvalue weighted by Crippen LogP contribution is -2.30. The zero-order valence-corrected chi connectivity index (χ0v) is 14.0. The van der Waals surface area contributed by atoms with Crippen molar-refractivity contribution in [3.63, 3.8) is 0 Å². The summed E-state index contributed by atoms with van der Waals surface area (Å²) in [7, 11) is 0. The number of nitrogen functional groups attached to an aromatic ring is 1. The van der Waals surface area contributed by atoms with E-state index in [1.807, 2.05) is 0 Å². The van der Waals surface area contributed by atoms with Gasteiger partial charge in [-0.1, -0.05) is 24.4 Å². The number of aromatic nitrogens is 2. The molecule has 128 valence electrons. The monoisotopic (exact) mass is 348 g/mol. The predicted octanol–water partition coefficient (Wildman–Crippen LogP) is 3.47. The van der Waals surface area contributed by atoms with Crippen LogP contribution in [0, 0.1) is 5.92 Å². The topological polar surface area (TPSA) is 93.3 Å². The van der Waals surface area contributed by atoms with E-state index in [9.17, 15) is 5.11 Å². The van der Waals surface area contributed by atoms with Crippen LogP contribution in [-0.2, 0) is 0 Å². The first-order valence-corrected chi connectivity index (χ1v) is 8.47. The molecule has 1 aromatic heterocycles. The molecular formula is C17H21ClN4O2. The first-order chi connectivity index (χ1) is 11.6. The lowest BCUT2D eigenvalue weighted by molar-refractivity contribution is 0.0762. The van der Waals surface area contributed by atoms with Gasteiger partial charge in [-0.25, -0.2) is 4.98 Å². The number of anilines is 2. The molecule has 1 fully saturated rings. The number of halogens is 1. The average Bonchev–Trinajstić information content (AvgIpc) is 2.58. The first kappa shape index (κ1) is 16.8. The van der Waals surface area contributed by atoms with Crippen LogP contribution in [0.2, 0.25) is 5.02 Å². The number of aliphatic hydroxyl groups excluding tert-OH is 1. The van der Waals surface area contributed by atoms with E-state index in [1.54, 1.807) is 24.3 Å². The van der Waals surface area contributed by atoms with Crippen LogP contribution in [0.5, 0.6) is 11.5 Å². The number of aliphatic hydroxyl groups is 1. The van der Waals surface area contributed by atoms with E-state index in [1.165, 1.54) is 6.20 Å². The Morgan fingerprint density at radius 2 is 2.00 bits per heavy atom. The molecule has 3 rings (SSSR count). The average molecular weight is 349 g/mol. The summed E-state index contributed by atoms with van der Waals surface area (Å²) in [4.78, 5) is 8.21. The van der Waals surface area contributed by atoms with Crippen LogP contribution >= 0.6 is 11.6 Å². The van der Waals surface area contributed by atoms with Crippen molar-refractivity contribution in [2.24, 2.45) is 5.92 Å². The maximum atomic E-state index is 10.1. The van der Waals surface area contributed by atoms with Gasteiger partial charge < -0.3 is 20.9 Å². The molecule has 2 unspecified atom stereocenters. The highest BCUT2D eigenvalue weighted by Crippen LogP contribution is 2.30. The molecule has 2 atom stereocenters. The third kappa shape index (κ3) is 4.27. The SMILES string of the molecule is Nc1ncc(Oc2ccc(Cl)cc2)c(NCC2CCCCC2O)n1. The van der Waals surface area contributed by atoms with E-state index in [0.29, 0.717) is 28.9 Å². The highest BCUT2D eigenvalue weighted by atomic mass is 35.5. The number of hydrogen-bond acceptors (Lipinski definition) is 6. The van der Waals surface area contributed by atoms with Gasteiger partial charge in [-0.05, 0) is 37.1 Å². The summed E-state index contributed by atoms with van der Waals surface area (Å²) < 4.78 is 5.82. The molecule has 0 aliphatic heterocycles. The van der Waals surface area contributed by atoms with Gasteiger partial charge in [0.15, 0.2) is 11.6 Å². The number of nitrogens with one attached hydrogen (secondary N) is 1. The minimum atomic E-state index is -0.272. The summed E-state index contributed by atoms with van der Waals surface area (Å²) in [6.45, 7) is 0.620. The van der Waals surface area contributed by atoms with Crippen LogP contribution < -0.4 is 15.8 Å². The molecule has 0 radical (unpaired) electrons. The van der Waals surface area contributed by atoms with Crippen molar-refractivity contribution in [1.29, 1.82) is 0 Å². The minimum absolute atomic E-state index is 0.171. The zero-order chi connectivity index (χ0) is 16.9.